The highest BCUT2D eigenvalue weighted by Gasteiger charge is 2.05. The number of nitrogens with zero attached hydrogens (tertiary/aromatic N) is 2. The molecule has 2 aromatic rings. The number of nitrogens with one attached hydrogen (secondary N) is 1. The van der Waals surface area contributed by atoms with Gasteiger partial charge in [0.2, 0.25) is 0 Å². The molecule has 3 nitrogen and oxygen atoms in total. The lowest BCUT2D eigenvalue weighted by molar-refractivity contribution is 1.09. The maximum absolute atomic E-state index is 4.30. The third-order valence-electron chi connectivity index (χ3n) is 2.81. The fraction of sp³-hybridized carbons (Fsp3) is 0.368. The summed E-state index contributed by atoms with van der Waals surface area (Å²) in [5, 5.41) is 4.35. The normalized spacial score (nSPS) is 9.14. The van der Waals surface area contributed by atoms with Crippen molar-refractivity contribution in [3.05, 3.63) is 54.9 Å². The average Bonchev–Trinajstić information content (AvgIpc) is 2.49. The van der Waals surface area contributed by atoms with Gasteiger partial charge in [-0.2, -0.15) is 0 Å². The molecular formula is C19H29N3. The van der Waals surface area contributed by atoms with Crippen LogP contribution in [0.25, 0.3) is 10.9 Å². The first-order valence-electron chi connectivity index (χ1n) is 7.59. The van der Waals surface area contributed by atoms with E-state index in [4.69, 9.17) is 0 Å². The molecule has 0 unspecified atom stereocenters. The van der Waals surface area contributed by atoms with Crippen molar-refractivity contribution in [2.24, 2.45) is 0 Å². The molecule has 120 valence electrons. The number of anilines is 1. The topological polar surface area (TPSA) is 37.8 Å². The Morgan fingerprint density at radius 1 is 1.09 bits per heavy atom. The Balaban J connectivity index is 0.000000789. The van der Waals surface area contributed by atoms with Crippen LogP contribution >= 0.6 is 0 Å². The molecule has 0 saturated carbocycles. The highest BCUT2D eigenvalue weighted by atomic mass is 15.0. The lowest BCUT2D eigenvalue weighted by atomic mass is 10.1. The molecular weight excluding hydrogens is 270 g/mol. The lowest BCUT2D eigenvalue weighted by Gasteiger charge is -2.09. The van der Waals surface area contributed by atoms with Gasteiger partial charge >= 0.3 is 0 Å². The van der Waals surface area contributed by atoms with Crippen molar-refractivity contribution in [3.63, 3.8) is 0 Å². The van der Waals surface area contributed by atoms with Crippen LogP contribution in [0.15, 0.2) is 43.8 Å². The van der Waals surface area contributed by atoms with Gasteiger partial charge < -0.3 is 5.32 Å². The Kier molecular flexibility index (Phi) is 9.51. The van der Waals surface area contributed by atoms with E-state index in [1.54, 1.807) is 6.33 Å². The van der Waals surface area contributed by atoms with Crippen molar-refractivity contribution in [1.29, 1.82) is 0 Å². The zero-order chi connectivity index (χ0) is 17.1. The molecule has 0 radical (unpaired) electrons. The van der Waals surface area contributed by atoms with Crippen molar-refractivity contribution in [2.45, 2.75) is 41.0 Å². The number of aromatic nitrogens is 2. The van der Waals surface area contributed by atoms with Gasteiger partial charge in [0.15, 0.2) is 0 Å². The summed E-state index contributed by atoms with van der Waals surface area (Å²) in [6.07, 6.45) is 2.85. The first kappa shape index (κ1) is 19.8. The highest BCUT2D eigenvalue weighted by Crippen LogP contribution is 2.22. The monoisotopic (exact) mass is 299 g/mol. The van der Waals surface area contributed by atoms with E-state index in [2.05, 4.69) is 74.8 Å². The highest BCUT2D eigenvalue weighted by molar-refractivity contribution is 5.90. The van der Waals surface area contributed by atoms with Gasteiger partial charge in [0, 0.05) is 11.9 Å². The van der Waals surface area contributed by atoms with E-state index in [1.807, 2.05) is 6.92 Å². The molecule has 22 heavy (non-hydrogen) atoms. The van der Waals surface area contributed by atoms with E-state index in [-0.39, 0.29) is 0 Å². The molecule has 2 rings (SSSR count). The van der Waals surface area contributed by atoms with Crippen LogP contribution in [0.3, 0.4) is 0 Å². The maximum atomic E-state index is 4.30. The van der Waals surface area contributed by atoms with E-state index in [9.17, 15) is 0 Å². The standard InChI is InChI=1S/C14H17N3.C3H8.C2H4/c1-9(2)7-15-14-12-5-10(3)11(4)6-13(12)16-8-17-14;1-3-2;1-2/h5-6,8H,1,7H2,2-4H3,(H,15,16,17);3H2,1-2H3;1-2H2. The summed E-state index contributed by atoms with van der Waals surface area (Å²) in [6.45, 7) is 21.0. The first-order valence-corrected chi connectivity index (χ1v) is 7.59. The molecule has 1 heterocycles. The zero-order valence-electron chi connectivity index (χ0n) is 14.7. The third-order valence-corrected chi connectivity index (χ3v) is 2.81. The largest absolute Gasteiger partial charge is 0.366 e. The van der Waals surface area contributed by atoms with Crippen LogP contribution < -0.4 is 5.32 Å². The van der Waals surface area contributed by atoms with Gasteiger partial charge in [-0.15, -0.1) is 13.2 Å². The van der Waals surface area contributed by atoms with E-state index >= 15 is 0 Å². The molecule has 3 heteroatoms. The molecule has 0 aliphatic heterocycles. The quantitative estimate of drug-likeness (QED) is 0.765. The summed E-state index contributed by atoms with van der Waals surface area (Å²) in [5.41, 5.74) is 4.57. The van der Waals surface area contributed by atoms with Gasteiger partial charge in [0.1, 0.15) is 12.1 Å². The first-order chi connectivity index (χ1) is 10.5. The van der Waals surface area contributed by atoms with Crippen molar-refractivity contribution < 1.29 is 0 Å². The van der Waals surface area contributed by atoms with Crippen molar-refractivity contribution in [1.82, 2.24) is 9.97 Å². The molecule has 1 aromatic carbocycles. The molecule has 0 spiro atoms. The van der Waals surface area contributed by atoms with Crippen LogP contribution in [0.1, 0.15) is 38.3 Å². The van der Waals surface area contributed by atoms with Crippen LogP contribution in [-0.2, 0) is 0 Å². The Morgan fingerprint density at radius 2 is 1.64 bits per heavy atom. The summed E-state index contributed by atoms with van der Waals surface area (Å²) in [4.78, 5) is 8.58. The third kappa shape index (κ3) is 6.08. The minimum atomic E-state index is 0.735. The summed E-state index contributed by atoms with van der Waals surface area (Å²) in [7, 11) is 0. The average molecular weight is 299 g/mol. The van der Waals surface area contributed by atoms with E-state index in [0.29, 0.717) is 0 Å². The molecule has 0 bridgehead atoms. The Morgan fingerprint density at radius 3 is 2.18 bits per heavy atom. The van der Waals surface area contributed by atoms with Gasteiger partial charge in [-0.25, -0.2) is 9.97 Å². The van der Waals surface area contributed by atoms with Crippen molar-refractivity contribution in [2.75, 3.05) is 11.9 Å². The molecule has 0 saturated heterocycles. The maximum Gasteiger partial charge on any atom is 0.137 e. The van der Waals surface area contributed by atoms with Crippen LogP contribution in [0, 0.1) is 13.8 Å². The Hall–Kier alpha value is -2.16. The van der Waals surface area contributed by atoms with Gasteiger partial charge in [-0.1, -0.05) is 32.4 Å². The molecule has 1 aromatic heterocycles. The molecule has 1 N–H and O–H groups in total. The zero-order valence-corrected chi connectivity index (χ0v) is 14.7. The SMILES string of the molecule is C=C.C=C(C)CNc1ncnc2cc(C)c(C)cc12.CCC. The lowest BCUT2D eigenvalue weighted by Crippen LogP contribution is -2.05. The molecule has 0 atom stereocenters. The second kappa shape index (κ2) is 10.6. The summed E-state index contributed by atoms with van der Waals surface area (Å²) in [6, 6.07) is 4.23. The number of aryl methyl sites for hydroxylation is 2. The van der Waals surface area contributed by atoms with Gasteiger partial charge in [0.25, 0.3) is 0 Å². The predicted octanol–water partition coefficient (Wildman–Crippen LogP) is 5.45. The van der Waals surface area contributed by atoms with Crippen LogP contribution in [0.5, 0.6) is 0 Å². The molecule has 0 amide bonds. The van der Waals surface area contributed by atoms with Crippen LogP contribution in [0.2, 0.25) is 0 Å². The van der Waals surface area contributed by atoms with Gasteiger partial charge in [-0.3, -0.25) is 0 Å². The second-order valence-electron chi connectivity index (χ2n) is 5.19. The minimum absolute atomic E-state index is 0.735. The number of fused-ring (bicyclic) bond motifs is 1. The number of rotatable bonds is 3. The minimum Gasteiger partial charge on any atom is -0.366 e. The van der Waals surface area contributed by atoms with Crippen LogP contribution in [0.4, 0.5) is 5.82 Å². The Bertz CT molecular complexity index is 603. The van der Waals surface area contributed by atoms with E-state index < -0.39 is 0 Å². The summed E-state index contributed by atoms with van der Waals surface area (Å²) in [5.74, 6) is 0.876. The van der Waals surface area contributed by atoms with Crippen molar-refractivity contribution in [3.8, 4) is 0 Å². The fourth-order valence-electron chi connectivity index (χ4n) is 1.69. The summed E-state index contributed by atoms with van der Waals surface area (Å²) >= 11 is 0. The number of hydrogen-bond acceptors (Lipinski definition) is 3. The molecule has 0 aliphatic rings. The summed E-state index contributed by atoms with van der Waals surface area (Å²) < 4.78 is 0. The van der Waals surface area contributed by atoms with Gasteiger partial charge in [-0.05, 0) is 44.0 Å². The van der Waals surface area contributed by atoms with Crippen LogP contribution in [-0.4, -0.2) is 16.5 Å². The molecule has 0 fully saturated rings. The van der Waals surface area contributed by atoms with Crippen molar-refractivity contribution >= 4 is 16.7 Å². The number of benzene rings is 1. The predicted molar refractivity (Wildman–Crippen MR) is 99.5 cm³/mol. The van der Waals surface area contributed by atoms with E-state index in [0.717, 1.165) is 28.8 Å². The fourth-order valence-corrected chi connectivity index (χ4v) is 1.69. The molecule has 0 aliphatic carbocycles. The smallest absolute Gasteiger partial charge is 0.137 e. The Labute approximate surface area is 135 Å². The number of hydrogen-bond donors (Lipinski definition) is 1. The second-order valence-corrected chi connectivity index (χ2v) is 5.19. The van der Waals surface area contributed by atoms with E-state index in [1.165, 1.54) is 17.5 Å². The van der Waals surface area contributed by atoms with Gasteiger partial charge in [0.05, 0.1) is 5.52 Å².